The Hall–Kier alpha value is -2.04. The minimum atomic E-state index is -1.20. The molecule has 0 saturated heterocycles. The number of halogens is 1. The van der Waals surface area contributed by atoms with Crippen LogP contribution in [0.15, 0.2) is 0 Å². The molecular formula is C10H17ClN2O9. The van der Waals surface area contributed by atoms with Crippen LogP contribution in [0.2, 0.25) is 0 Å². The fourth-order valence-corrected chi connectivity index (χ4v) is 1.68. The highest BCUT2D eigenvalue weighted by Gasteiger charge is 2.30. The van der Waals surface area contributed by atoms with Gasteiger partial charge in [0.05, 0.1) is 6.61 Å². The Morgan fingerprint density at radius 2 is 1.68 bits per heavy atom. The maximum atomic E-state index is 11.1. The molecule has 0 aromatic carbocycles. The van der Waals surface area contributed by atoms with Crippen LogP contribution < -0.4 is 0 Å². The number of hydrogen-bond donors (Lipinski definition) is 0. The molecule has 0 rings (SSSR count). The molecule has 0 saturated carbocycles. The van der Waals surface area contributed by atoms with Gasteiger partial charge in [0.2, 0.25) is 0 Å². The van der Waals surface area contributed by atoms with Crippen molar-refractivity contribution in [2.24, 2.45) is 5.92 Å². The minimum absolute atomic E-state index is 0.133. The largest absolute Gasteiger partial charge is 0.509 e. The molecule has 1 unspecified atom stereocenters. The first-order chi connectivity index (χ1) is 10.1. The van der Waals surface area contributed by atoms with Gasteiger partial charge in [-0.05, 0) is 26.2 Å². The molecule has 12 heteroatoms. The van der Waals surface area contributed by atoms with Gasteiger partial charge in [0.15, 0.2) is 5.56 Å². The lowest BCUT2D eigenvalue weighted by Gasteiger charge is -2.25. The number of nitrogens with zero attached hydrogens (tertiary/aromatic N) is 2. The van der Waals surface area contributed by atoms with E-state index in [1.165, 1.54) is 20.8 Å². The van der Waals surface area contributed by atoms with Gasteiger partial charge in [-0.1, -0.05) is 18.5 Å². The van der Waals surface area contributed by atoms with Gasteiger partial charge in [0.25, 0.3) is 10.2 Å². The van der Waals surface area contributed by atoms with E-state index in [0.717, 1.165) is 0 Å². The fraction of sp³-hybridized carbons (Fsp3) is 0.900. The van der Waals surface area contributed by atoms with Crippen molar-refractivity contribution in [2.75, 3.05) is 6.61 Å². The quantitative estimate of drug-likeness (QED) is 0.251. The highest BCUT2D eigenvalue weighted by atomic mass is 35.5. The van der Waals surface area contributed by atoms with Crippen molar-refractivity contribution in [1.82, 2.24) is 0 Å². The molecular weight excluding hydrogens is 328 g/mol. The van der Waals surface area contributed by atoms with E-state index in [4.69, 9.17) is 16.3 Å². The Bertz CT molecular complexity index is 393. The van der Waals surface area contributed by atoms with Crippen molar-refractivity contribution in [3.05, 3.63) is 20.2 Å². The maximum absolute atomic E-state index is 11.1. The SMILES string of the molecule is CC(Cl)OC(=O)OCC[C@@H](C)[C@@H](O[N+](=O)[O-])[C@@H](C)O[N+](=O)[O-]. The van der Waals surface area contributed by atoms with Crippen molar-refractivity contribution in [3.8, 4) is 0 Å². The molecule has 0 fully saturated rings. The topological polar surface area (TPSA) is 140 Å². The van der Waals surface area contributed by atoms with Crippen LogP contribution in [0.3, 0.4) is 0 Å². The monoisotopic (exact) mass is 344 g/mol. The van der Waals surface area contributed by atoms with Crippen LogP contribution in [0.1, 0.15) is 27.2 Å². The second-order valence-electron chi connectivity index (χ2n) is 4.35. The van der Waals surface area contributed by atoms with Crippen molar-refractivity contribution in [3.63, 3.8) is 0 Å². The summed E-state index contributed by atoms with van der Waals surface area (Å²) in [6.07, 6.45) is -3.23. The van der Waals surface area contributed by atoms with Crippen LogP contribution in [-0.4, -0.2) is 40.7 Å². The number of rotatable bonds is 10. The molecule has 0 bridgehead atoms. The van der Waals surface area contributed by atoms with E-state index in [1.54, 1.807) is 0 Å². The molecule has 0 amide bonds. The van der Waals surface area contributed by atoms with Crippen molar-refractivity contribution < 1.29 is 34.1 Å². The number of ether oxygens (including phenoxy) is 2. The summed E-state index contributed by atoms with van der Waals surface area (Å²) in [5, 5.41) is 18.6. The Morgan fingerprint density at radius 1 is 1.14 bits per heavy atom. The standard InChI is InChI=1S/C10H17ClN2O9/c1-6(4-5-19-10(14)20-8(3)11)9(22-13(17)18)7(2)21-12(15)16/h6-9H,4-5H2,1-3H3/t6-,7-,8?,9-/m1/s1. The second kappa shape index (κ2) is 9.82. The molecule has 0 aromatic rings. The zero-order chi connectivity index (χ0) is 17.3. The summed E-state index contributed by atoms with van der Waals surface area (Å²) >= 11 is 5.41. The van der Waals surface area contributed by atoms with Gasteiger partial charge >= 0.3 is 6.16 Å². The van der Waals surface area contributed by atoms with Crippen molar-refractivity contribution in [1.29, 1.82) is 0 Å². The third-order valence-corrected chi connectivity index (χ3v) is 2.62. The predicted molar refractivity (Wildman–Crippen MR) is 70.9 cm³/mol. The molecule has 0 aliphatic heterocycles. The van der Waals surface area contributed by atoms with E-state index in [2.05, 4.69) is 14.4 Å². The maximum Gasteiger partial charge on any atom is 0.509 e. The Kier molecular flexibility index (Phi) is 8.91. The summed E-state index contributed by atoms with van der Waals surface area (Å²) in [5.74, 6) is -0.568. The number of alkyl halides is 1. The first kappa shape index (κ1) is 20.0. The summed E-state index contributed by atoms with van der Waals surface area (Å²) in [6.45, 7) is 4.08. The third kappa shape index (κ3) is 9.00. The summed E-state index contributed by atoms with van der Waals surface area (Å²) in [7, 11) is 0. The molecule has 128 valence electrons. The van der Waals surface area contributed by atoms with Crippen LogP contribution in [0.4, 0.5) is 4.79 Å². The van der Waals surface area contributed by atoms with E-state index in [0.29, 0.717) is 0 Å². The number of hydrogen-bond acceptors (Lipinski definition) is 9. The van der Waals surface area contributed by atoms with E-state index in [-0.39, 0.29) is 13.0 Å². The van der Waals surface area contributed by atoms with Gasteiger partial charge in [-0.15, -0.1) is 20.2 Å². The van der Waals surface area contributed by atoms with Crippen LogP contribution >= 0.6 is 11.6 Å². The molecule has 0 aromatic heterocycles. The molecule has 0 aliphatic carbocycles. The van der Waals surface area contributed by atoms with Gasteiger partial charge in [-0.3, -0.25) is 0 Å². The van der Waals surface area contributed by atoms with Gasteiger partial charge in [-0.2, -0.15) is 0 Å². The number of carbonyl (C=O) groups excluding carboxylic acids is 1. The van der Waals surface area contributed by atoms with Crippen LogP contribution in [-0.2, 0) is 19.1 Å². The van der Waals surface area contributed by atoms with E-state index in [9.17, 15) is 25.0 Å². The third-order valence-electron chi connectivity index (χ3n) is 2.54. The summed E-state index contributed by atoms with van der Waals surface area (Å²) in [5.41, 5.74) is -0.857. The molecule has 4 atom stereocenters. The van der Waals surface area contributed by atoms with Crippen LogP contribution in [0.25, 0.3) is 0 Å². The minimum Gasteiger partial charge on any atom is -0.434 e. The zero-order valence-electron chi connectivity index (χ0n) is 12.2. The first-order valence-corrected chi connectivity index (χ1v) is 6.67. The summed E-state index contributed by atoms with van der Waals surface area (Å²) in [6, 6.07) is 0. The van der Waals surface area contributed by atoms with Crippen LogP contribution in [0.5, 0.6) is 0 Å². The molecule has 0 heterocycles. The highest BCUT2D eigenvalue weighted by molar-refractivity contribution is 6.19. The normalized spacial score (nSPS) is 15.8. The second-order valence-corrected chi connectivity index (χ2v) is 4.97. The van der Waals surface area contributed by atoms with E-state index >= 15 is 0 Å². The molecule has 0 spiro atoms. The number of carbonyl (C=O) groups is 1. The van der Waals surface area contributed by atoms with Gasteiger partial charge in [0, 0.05) is 0 Å². The van der Waals surface area contributed by atoms with Crippen LogP contribution in [0, 0.1) is 26.1 Å². The lowest BCUT2D eigenvalue weighted by molar-refractivity contribution is -0.799. The molecule has 11 nitrogen and oxygen atoms in total. The summed E-state index contributed by atoms with van der Waals surface area (Å²) < 4.78 is 9.20. The van der Waals surface area contributed by atoms with Gasteiger partial charge < -0.3 is 19.1 Å². The predicted octanol–water partition coefficient (Wildman–Crippen LogP) is 1.92. The molecule has 0 aliphatic rings. The Balaban J connectivity index is 4.44. The van der Waals surface area contributed by atoms with Crippen molar-refractivity contribution in [2.45, 2.75) is 45.0 Å². The summed E-state index contributed by atoms with van der Waals surface area (Å²) in [4.78, 5) is 40.5. The highest BCUT2D eigenvalue weighted by Crippen LogP contribution is 2.18. The van der Waals surface area contributed by atoms with Crippen molar-refractivity contribution >= 4 is 17.8 Å². The lowest BCUT2D eigenvalue weighted by Crippen LogP contribution is -2.38. The first-order valence-electron chi connectivity index (χ1n) is 6.23. The Labute approximate surface area is 130 Å². The molecule has 22 heavy (non-hydrogen) atoms. The molecule has 0 radical (unpaired) electrons. The Morgan fingerprint density at radius 3 is 2.14 bits per heavy atom. The average Bonchev–Trinajstić information content (AvgIpc) is 2.33. The smallest absolute Gasteiger partial charge is 0.434 e. The van der Waals surface area contributed by atoms with Gasteiger partial charge in [0.1, 0.15) is 12.2 Å². The van der Waals surface area contributed by atoms with E-state index in [1.807, 2.05) is 0 Å². The average molecular weight is 345 g/mol. The van der Waals surface area contributed by atoms with Gasteiger partial charge in [-0.25, -0.2) is 4.79 Å². The fourth-order valence-electron chi connectivity index (χ4n) is 1.61. The molecule has 0 N–H and O–H groups in total. The lowest BCUT2D eigenvalue weighted by atomic mass is 9.97. The zero-order valence-corrected chi connectivity index (χ0v) is 12.9. The van der Waals surface area contributed by atoms with E-state index < -0.39 is 40.0 Å².